The van der Waals surface area contributed by atoms with E-state index < -0.39 is 0 Å². The van der Waals surface area contributed by atoms with Crippen molar-refractivity contribution in [2.45, 2.75) is 51.1 Å². The molecule has 2 saturated heterocycles. The van der Waals surface area contributed by atoms with Gasteiger partial charge < -0.3 is 10.2 Å². The minimum Gasteiger partial charge on any atom is -0.311 e. The smallest absolute Gasteiger partial charge is 0.228 e. The standard InChI is InChI=1S/C16H22N2O/c1-11(2)12-5-7-13(8-6-12)18-15-4-3-9-17-14(15)10-16(18)19/h5-8,11,14-15,17H,3-4,9-10H2,1-2H3. The maximum absolute atomic E-state index is 12.2. The van der Waals surface area contributed by atoms with Crippen LogP contribution in [0.15, 0.2) is 24.3 Å². The number of nitrogens with zero attached hydrogens (tertiary/aromatic N) is 1. The van der Waals surface area contributed by atoms with Crippen LogP contribution in [0.3, 0.4) is 0 Å². The van der Waals surface area contributed by atoms with Gasteiger partial charge in [0, 0.05) is 18.2 Å². The van der Waals surface area contributed by atoms with E-state index in [2.05, 4.69) is 43.4 Å². The van der Waals surface area contributed by atoms with Crippen molar-refractivity contribution in [3.05, 3.63) is 29.8 Å². The number of rotatable bonds is 2. The molecule has 2 atom stereocenters. The Morgan fingerprint density at radius 2 is 2.00 bits per heavy atom. The van der Waals surface area contributed by atoms with Crippen LogP contribution in [0.4, 0.5) is 5.69 Å². The summed E-state index contributed by atoms with van der Waals surface area (Å²) < 4.78 is 0. The first-order valence-corrected chi connectivity index (χ1v) is 7.32. The fraction of sp³-hybridized carbons (Fsp3) is 0.562. The van der Waals surface area contributed by atoms with Gasteiger partial charge in [0.25, 0.3) is 0 Å². The predicted molar refractivity (Wildman–Crippen MR) is 77.4 cm³/mol. The number of piperidine rings is 1. The molecule has 0 radical (unpaired) electrons. The van der Waals surface area contributed by atoms with Gasteiger partial charge in [0.15, 0.2) is 0 Å². The summed E-state index contributed by atoms with van der Waals surface area (Å²) in [4.78, 5) is 14.3. The molecule has 3 nitrogen and oxygen atoms in total. The zero-order valence-corrected chi connectivity index (χ0v) is 11.7. The van der Waals surface area contributed by atoms with E-state index in [1.165, 1.54) is 5.56 Å². The highest BCUT2D eigenvalue weighted by Gasteiger charge is 2.41. The van der Waals surface area contributed by atoms with Crippen LogP contribution >= 0.6 is 0 Å². The first-order valence-electron chi connectivity index (χ1n) is 7.32. The van der Waals surface area contributed by atoms with Gasteiger partial charge in [0.1, 0.15) is 0 Å². The maximum Gasteiger partial charge on any atom is 0.228 e. The molecule has 19 heavy (non-hydrogen) atoms. The van der Waals surface area contributed by atoms with E-state index in [0.717, 1.165) is 25.1 Å². The van der Waals surface area contributed by atoms with Gasteiger partial charge >= 0.3 is 0 Å². The second kappa shape index (κ2) is 4.97. The Labute approximate surface area is 115 Å². The first-order chi connectivity index (χ1) is 9.16. The lowest BCUT2D eigenvalue weighted by Crippen LogP contribution is -2.47. The Hall–Kier alpha value is -1.35. The van der Waals surface area contributed by atoms with Crippen LogP contribution in [0.2, 0.25) is 0 Å². The molecule has 0 aliphatic carbocycles. The van der Waals surface area contributed by atoms with Gasteiger partial charge in [0.05, 0.1) is 6.04 Å². The number of amides is 1. The van der Waals surface area contributed by atoms with E-state index in [1.54, 1.807) is 0 Å². The molecule has 3 heteroatoms. The van der Waals surface area contributed by atoms with Crippen molar-refractivity contribution in [2.24, 2.45) is 0 Å². The lowest BCUT2D eigenvalue weighted by molar-refractivity contribution is -0.117. The molecule has 0 spiro atoms. The third-order valence-corrected chi connectivity index (χ3v) is 4.38. The van der Waals surface area contributed by atoms with E-state index in [4.69, 9.17) is 0 Å². The summed E-state index contributed by atoms with van der Waals surface area (Å²) in [6.45, 7) is 5.43. The van der Waals surface area contributed by atoms with Crippen LogP contribution in [-0.2, 0) is 4.79 Å². The molecule has 2 heterocycles. The van der Waals surface area contributed by atoms with Crippen molar-refractivity contribution in [3.63, 3.8) is 0 Å². The summed E-state index contributed by atoms with van der Waals surface area (Å²) in [5.74, 6) is 0.800. The van der Waals surface area contributed by atoms with Gasteiger partial charge in [-0.2, -0.15) is 0 Å². The van der Waals surface area contributed by atoms with Crippen LogP contribution in [0, 0.1) is 0 Å². The number of nitrogens with one attached hydrogen (secondary N) is 1. The zero-order valence-electron chi connectivity index (χ0n) is 11.7. The molecule has 2 unspecified atom stereocenters. The van der Waals surface area contributed by atoms with Gasteiger partial charge in [-0.15, -0.1) is 0 Å². The number of hydrogen-bond donors (Lipinski definition) is 1. The molecule has 0 bridgehead atoms. The molecular formula is C16H22N2O. The van der Waals surface area contributed by atoms with Crippen molar-refractivity contribution >= 4 is 11.6 Å². The summed E-state index contributed by atoms with van der Waals surface area (Å²) >= 11 is 0. The van der Waals surface area contributed by atoms with Crippen LogP contribution in [0.25, 0.3) is 0 Å². The average molecular weight is 258 g/mol. The predicted octanol–water partition coefficient (Wildman–Crippen LogP) is 2.67. The Morgan fingerprint density at radius 1 is 1.26 bits per heavy atom. The van der Waals surface area contributed by atoms with Crippen molar-refractivity contribution in [1.29, 1.82) is 0 Å². The summed E-state index contributed by atoms with van der Waals surface area (Å²) in [6.07, 6.45) is 2.93. The average Bonchev–Trinajstić information content (AvgIpc) is 2.74. The zero-order chi connectivity index (χ0) is 13.4. The molecule has 0 saturated carbocycles. The largest absolute Gasteiger partial charge is 0.311 e. The number of benzene rings is 1. The molecule has 1 N–H and O–H groups in total. The van der Waals surface area contributed by atoms with Gasteiger partial charge in [-0.1, -0.05) is 26.0 Å². The van der Waals surface area contributed by atoms with Crippen molar-refractivity contribution in [1.82, 2.24) is 5.32 Å². The first kappa shape index (κ1) is 12.7. The van der Waals surface area contributed by atoms with Gasteiger partial charge in [-0.25, -0.2) is 0 Å². The van der Waals surface area contributed by atoms with E-state index in [9.17, 15) is 4.79 Å². The van der Waals surface area contributed by atoms with Crippen molar-refractivity contribution < 1.29 is 4.79 Å². The number of carbonyl (C=O) groups excluding carboxylic acids is 1. The molecule has 0 aromatic heterocycles. The van der Waals surface area contributed by atoms with Gasteiger partial charge in [0.2, 0.25) is 5.91 Å². The van der Waals surface area contributed by atoms with Gasteiger partial charge in [-0.3, -0.25) is 4.79 Å². The summed E-state index contributed by atoms with van der Waals surface area (Å²) in [5, 5.41) is 3.48. The summed E-state index contributed by atoms with van der Waals surface area (Å²) in [7, 11) is 0. The Kier molecular flexibility index (Phi) is 3.31. The molecule has 2 fully saturated rings. The molecule has 3 rings (SSSR count). The molecule has 1 aromatic rings. The van der Waals surface area contributed by atoms with Crippen LogP contribution < -0.4 is 10.2 Å². The molecular weight excluding hydrogens is 236 g/mol. The Balaban J connectivity index is 1.86. The quantitative estimate of drug-likeness (QED) is 0.884. The van der Waals surface area contributed by atoms with E-state index in [-0.39, 0.29) is 5.91 Å². The monoisotopic (exact) mass is 258 g/mol. The summed E-state index contributed by atoms with van der Waals surface area (Å²) in [6, 6.07) is 9.21. The second-order valence-electron chi connectivity index (χ2n) is 5.98. The highest BCUT2D eigenvalue weighted by Crippen LogP contribution is 2.32. The van der Waals surface area contributed by atoms with E-state index >= 15 is 0 Å². The fourth-order valence-electron chi connectivity index (χ4n) is 3.28. The maximum atomic E-state index is 12.2. The molecule has 2 aliphatic rings. The van der Waals surface area contributed by atoms with Crippen LogP contribution in [0.1, 0.15) is 44.6 Å². The highest BCUT2D eigenvalue weighted by molar-refractivity contribution is 5.97. The third-order valence-electron chi connectivity index (χ3n) is 4.38. The fourth-order valence-corrected chi connectivity index (χ4v) is 3.28. The second-order valence-corrected chi connectivity index (χ2v) is 5.98. The molecule has 1 amide bonds. The number of carbonyl (C=O) groups is 1. The number of hydrogen-bond acceptors (Lipinski definition) is 2. The lowest BCUT2D eigenvalue weighted by Gasteiger charge is -2.32. The molecule has 1 aromatic carbocycles. The Morgan fingerprint density at radius 3 is 2.68 bits per heavy atom. The Bertz CT molecular complexity index is 466. The topological polar surface area (TPSA) is 32.3 Å². The van der Waals surface area contributed by atoms with Crippen LogP contribution in [-0.4, -0.2) is 24.5 Å². The van der Waals surface area contributed by atoms with Crippen molar-refractivity contribution in [2.75, 3.05) is 11.4 Å². The SMILES string of the molecule is CC(C)c1ccc(N2C(=O)CC3NCCCC32)cc1. The number of anilines is 1. The minimum absolute atomic E-state index is 0.265. The molecule has 2 aliphatic heterocycles. The van der Waals surface area contributed by atoms with E-state index in [0.29, 0.717) is 24.4 Å². The minimum atomic E-state index is 0.265. The van der Waals surface area contributed by atoms with Crippen LogP contribution in [0.5, 0.6) is 0 Å². The highest BCUT2D eigenvalue weighted by atomic mass is 16.2. The molecule has 102 valence electrons. The van der Waals surface area contributed by atoms with Crippen molar-refractivity contribution in [3.8, 4) is 0 Å². The summed E-state index contributed by atoms with van der Waals surface area (Å²) in [5.41, 5.74) is 2.39. The van der Waals surface area contributed by atoms with Gasteiger partial charge in [-0.05, 0) is 43.0 Å². The lowest BCUT2D eigenvalue weighted by atomic mass is 9.98. The number of fused-ring (bicyclic) bond motifs is 1. The van der Waals surface area contributed by atoms with E-state index in [1.807, 2.05) is 4.90 Å². The normalized spacial score (nSPS) is 26.9. The third kappa shape index (κ3) is 2.27.